The van der Waals surface area contributed by atoms with Crippen molar-refractivity contribution in [3.63, 3.8) is 0 Å². The highest BCUT2D eigenvalue weighted by molar-refractivity contribution is 5.95. The molecule has 1 aliphatic carbocycles. The highest BCUT2D eigenvalue weighted by Gasteiger charge is 2.31. The van der Waals surface area contributed by atoms with Crippen LogP contribution in [0.25, 0.3) is 0 Å². The Morgan fingerprint density at radius 3 is 2.61 bits per heavy atom. The van der Waals surface area contributed by atoms with Gasteiger partial charge in [-0.1, -0.05) is 26.0 Å². The van der Waals surface area contributed by atoms with E-state index in [2.05, 4.69) is 31.3 Å². The second kappa shape index (κ2) is 6.71. The maximum atomic E-state index is 12.1. The van der Waals surface area contributed by atoms with Crippen LogP contribution in [0.1, 0.15) is 38.2 Å². The van der Waals surface area contributed by atoms with Crippen molar-refractivity contribution in [3.8, 4) is 0 Å². The number of benzene rings is 1. The summed E-state index contributed by atoms with van der Waals surface area (Å²) in [7, 11) is 0. The molecule has 0 bridgehead atoms. The van der Waals surface area contributed by atoms with Crippen LogP contribution in [-0.4, -0.2) is 37.6 Å². The summed E-state index contributed by atoms with van der Waals surface area (Å²) in [5, 5.41) is 2.92. The van der Waals surface area contributed by atoms with Crippen molar-refractivity contribution in [2.45, 2.75) is 38.7 Å². The molecule has 1 unspecified atom stereocenters. The summed E-state index contributed by atoms with van der Waals surface area (Å²) in [6, 6.07) is 8.09. The fourth-order valence-corrected chi connectivity index (χ4v) is 2.74. The molecule has 2 amide bonds. The van der Waals surface area contributed by atoms with Crippen molar-refractivity contribution in [3.05, 3.63) is 29.8 Å². The van der Waals surface area contributed by atoms with E-state index in [0.29, 0.717) is 19.0 Å². The maximum absolute atomic E-state index is 12.1. The van der Waals surface area contributed by atoms with Gasteiger partial charge in [-0.25, -0.2) is 0 Å². The third kappa shape index (κ3) is 3.91. The van der Waals surface area contributed by atoms with E-state index in [-0.39, 0.29) is 30.4 Å². The Labute approximate surface area is 137 Å². The van der Waals surface area contributed by atoms with E-state index in [0.717, 1.165) is 18.5 Å². The minimum Gasteiger partial charge on any atom is -0.365 e. The largest absolute Gasteiger partial charge is 0.365 e. The smallest absolute Gasteiger partial charge is 0.253 e. The molecule has 2 aliphatic rings. The van der Waals surface area contributed by atoms with E-state index >= 15 is 0 Å². The van der Waals surface area contributed by atoms with Gasteiger partial charge < -0.3 is 15.0 Å². The Morgan fingerprint density at radius 1 is 1.30 bits per heavy atom. The van der Waals surface area contributed by atoms with Gasteiger partial charge in [0.25, 0.3) is 5.91 Å². The molecule has 2 fully saturated rings. The van der Waals surface area contributed by atoms with E-state index in [1.54, 1.807) is 4.90 Å². The first-order valence-corrected chi connectivity index (χ1v) is 8.34. The third-order valence-electron chi connectivity index (χ3n) is 4.45. The van der Waals surface area contributed by atoms with Crippen LogP contribution in [0.15, 0.2) is 24.3 Å². The molecule has 0 spiro atoms. The number of hydrogen-bond donors (Lipinski definition) is 1. The number of rotatable bonds is 5. The summed E-state index contributed by atoms with van der Waals surface area (Å²) >= 11 is 0. The van der Waals surface area contributed by atoms with Crippen LogP contribution < -0.4 is 10.2 Å². The summed E-state index contributed by atoms with van der Waals surface area (Å²) in [5.41, 5.74) is 2.14. The molecule has 1 atom stereocenters. The van der Waals surface area contributed by atoms with Gasteiger partial charge in [0.1, 0.15) is 6.61 Å². The Bertz CT molecular complexity index is 578. The van der Waals surface area contributed by atoms with Gasteiger partial charge in [-0.05, 0) is 36.5 Å². The first-order chi connectivity index (χ1) is 11.0. The van der Waals surface area contributed by atoms with E-state index in [1.165, 1.54) is 5.56 Å². The Hall–Kier alpha value is -1.88. The molecule has 0 radical (unpaired) electrons. The SMILES string of the molecule is CC(C)c1ccc(N2CC(CNC(=O)C3CC3)OCC2=O)cc1. The number of morpholine rings is 1. The van der Waals surface area contributed by atoms with Crippen molar-refractivity contribution in [2.75, 3.05) is 24.6 Å². The van der Waals surface area contributed by atoms with Crippen LogP contribution in [-0.2, 0) is 14.3 Å². The Kier molecular flexibility index (Phi) is 4.66. The molecule has 1 aromatic carbocycles. The molecule has 5 heteroatoms. The Morgan fingerprint density at radius 2 is 2.00 bits per heavy atom. The summed E-state index contributed by atoms with van der Waals surface area (Å²) < 4.78 is 5.55. The van der Waals surface area contributed by atoms with Crippen molar-refractivity contribution in [2.24, 2.45) is 5.92 Å². The lowest BCUT2D eigenvalue weighted by Crippen LogP contribution is -2.50. The molecule has 23 heavy (non-hydrogen) atoms. The average molecular weight is 316 g/mol. The summed E-state index contributed by atoms with van der Waals surface area (Å²) in [6.45, 7) is 5.30. The molecule has 1 N–H and O–H groups in total. The lowest BCUT2D eigenvalue weighted by Gasteiger charge is -2.33. The number of nitrogens with one attached hydrogen (secondary N) is 1. The summed E-state index contributed by atoms with van der Waals surface area (Å²) in [4.78, 5) is 25.6. The van der Waals surface area contributed by atoms with Crippen LogP contribution in [0.2, 0.25) is 0 Å². The first kappa shape index (κ1) is 16.0. The average Bonchev–Trinajstić information content (AvgIpc) is 3.39. The first-order valence-electron chi connectivity index (χ1n) is 8.34. The number of carbonyl (C=O) groups excluding carboxylic acids is 2. The quantitative estimate of drug-likeness (QED) is 0.904. The van der Waals surface area contributed by atoms with Crippen LogP contribution in [0, 0.1) is 5.92 Å². The molecule has 1 saturated heterocycles. The van der Waals surface area contributed by atoms with Gasteiger partial charge in [0.2, 0.25) is 5.91 Å². The number of amides is 2. The van der Waals surface area contributed by atoms with E-state index < -0.39 is 0 Å². The fourth-order valence-electron chi connectivity index (χ4n) is 2.74. The zero-order chi connectivity index (χ0) is 16.4. The highest BCUT2D eigenvalue weighted by atomic mass is 16.5. The van der Waals surface area contributed by atoms with Gasteiger partial charge in [0.15, 0.2) is 0 Å². The second-order valence-corrected chi connectivity index (χ2v) is 6.70. The number of anilines is 1. The van der Waals surface area contributed by atoms with Gasteiger partial charge in [-0.15, -0.1) is 0 Å². The molecule has 3 rings (SSSR count). The molecule has 5 nitrogen and oxygen atoms in total. The predicted octanol–water partition coefficient (Wildman–Crippen LogP) is 2.07. The van der Waals surface area contributed by atoms with Gasteiger partial charge in [-0.2, -0.15) is 0 Å². The summed E-state index contributed by atoms with van der Waals surface area (Å²) in [6.07, 6.45) is 1.83. The van der Waals surface area contributed by atoms with Crippen molar-refractivity contribution in [1.82, 2.24) is 5.32 Å². The van der Waals surface area contributed by atoms with Crippen LogP contribution in [0.3, 0.4) is 0 Å². The van der Waals surface area contributed by atoms with Crippen molar-refractivity contribution in [1.29, 1.82) is 0 Å². The molecule has 1 heterocycles. The predicted molar refractivity (Wildman–Crippen MR) is 88.4 cm³/mol. The van der Waals surface area contributed by atoms with Crippen LogP contribution in [0.4, 0.5) is 5.69 Å². The van der Waals surface area contributed by atoms with Crippen molar-refractivity contribution < 1.29 is 14.3 Å². The lowest BCUT2D eigenvalue weighted by molar-refractivity contribution is -0.129. The number of nitrogens with zero attached hydrogens (tertiary/aromatic N) is 1. The van der Waals surface area contributed by atoms with Crippen LogP contribution in [0.5, 0.6) is 0 Å². The molecular weight excluding hydrogens is 292 g/mol. The molecule has 0 aromatic heterocycles. The second-order valence-electron chi connectivity index (χ2n) is 6.70. The zero-order valence-electron chi connectivity index (χ0n) is 13.7. The molecule has 1 saturated carbocycles. The topological polar surface area (TPSA) is 58.6 Å². The van der Waals surface area contributed by atoms with Gasteiger partial charge in [0.05, 0.1) is 12.6 Å². The zero-order valence-corrected chi connectivity index (χ0v) is 13.7. The maximum Gasteiger partial charge on any atom is 0.253 e. The van der Waals surface area contributed by atoms with Gasteiger partial charge in [0, 0.05) is 18.2 Å². The lowest BCUT2D eigenvalue weighted by atomic mass is 10.0. The Balaban J connectivity index is 1.60. The van der Waals surface area contributed by atoms with Crippen LogP contribution >= 0.6 is 0 Å². The van der Waals surface area contributed by atoms with E-state index in [9.17, 15) is 9.59 Å². The third-order valence-corrected chi connectivity index (χ3v) is 4.45. The van der Waals surface area contributed by atoms with Crippen molar-refractivity contribution >= 4 is 17.5 Å². The van der Waals surface area contributed by atoms with E-state index in [4.69, 9.17) is 4.74 Å². The standard InChI is InChI=1S/C18H24N2O3/c1-12(2)13-5-7-15(8-6-13)20-10-16(23-11-17(20)21)9-19-18(22)14-3-4-14/h5-8,12,14,16H,3-4,9-11H2,1-2H3,(H,19,22). The summed E-state index contributed by atoms with van der Waals surface area (Å²) in [5.74, 6) is 0.736. The van der Waals surface area contributed by atoms with Gasteiger partial charge in [-0.3, -0.25) is 9.59 Å². The molecule has 124 valence electrons. The highest BCUT2D eigenvalue weighted by Crippen LogP contribution is 2.28. The minimum absolute atomic E-state index is 0.0351. The van der Waals surface area contributed by atoms with Gasteiger partial charge >= 0.3 is 0 Å². The number of carbonyl (C=O) groups is 2. The minimum atomic E-state index is -0.153. The normalized spacial score (nSPS) is 21.6. The fraction of sp³-hybridized carbons (Fsp3) is 0.556. The monoisotopic (exact) mass is 316 g/mol. The van der Waals surface area contributed by atoms with E-state index in [1.807, 2.05) is 12.1 Å². The molecular formula is C18H24N2O3. The number of ether oxygens (including phenoxy) is 1. The molecule has 1 aromatic rings. The number of hydrogen-bond acceptors (Lipinski definition) is 3. The molecule has 1 aliphatic heterocycles.